The maximum absolute atomic E-state index is 5.77. The van der Waals surface area contributed by atoms with E-state index in [0.29, 0.717) is 0 Å². The highest BCUT2D eigenvalue weighted by Crippen LogP contribution is 2.75. The highest BCUT2D eigenvalue weighted by Gasteiger charge is 2.39. The predicted octanol–water partition coefficient (Wildman–Crippen LogP) is 7.02. The molecule has 0 N–H and O–H groups in total. The molecule has 0 saturated heterocycles. The summed E-state index contributed by atoms with van der Waals surface area (Å²) in [5.74, 6) is 0. The Bertz CT molecular complexity index is 822. The van der Waals surface area contributed by atoms with Gasteiger partial charge in [0.25, 0.3) is 0 Å². The second-order valence-corrected chi connectivity index (χ2v) is 23.9. The van der Waals surface area contributed by atoms with E-state index >= 15 is 0 Å². The second-order valence-electron chi connectivity index (χ2n) is 12.5. The topological polar surface area (TPSA) is 72.1 Å². The number of rotatable bonds is 12. The Hall–Kier alpha value is 0.510. The van der Waals surface area contributed by atoms with Gasteiger partial charge < -0.3 is 0 Å². The fourth-order valence-electron chi connectivity index (χ4n) is 4.89. The molecule has 0 spiro atoms. The zero-order chi connectivity index (χ0) is 29.8. The number of hydrogen-bond donors (Lipinski definition) is 0. The Kier molecular flexibility index (Phi) is 14.1. The molecule has 11 nitrogen and oxygen atoms in total. The van der Waals surface area contributed by atoms with Crippen LogP contribution in [0.1, 0.15) is 41.0 Å². The summed E-state index contributed by atoms with van der Waals surface area (Å²) in [4.78, 5) is 0. The molecule has 0 aromatic carbocycles. The maximum Gasteiger partial charge on any atom is 0.309 e. The van der Waals surface area contributed by atoms with Gasteiger partial charge in [-0.3, -0.25) is 28.0 Å². The molecule has 0 aliphatic carbocycles. The molecule has 0 rings (SSSR count). The van der Waals surface area contributed by atoms with E-state index in [1.807, 2.05) is 18.8 Å². The molecule has 222 valence electrons. The van der Waals surface area contributed by atoms with Crippen LogP contribution in [0.4, 0.5) is 0 Å². The van der Waals surface area contributed by atoms with Crippen molar-refractivity contribution in [1.82, 2.24) is 32.7 Å². The van der Waals surface area contributed by atoms with Gasteiger partial charge >= 0.3 is 7.51 Å². The average molecular weight is 602 g/mol. The molecule has 0 amide bonds. The lowest BCUT2D eigenvalue weighted by Gasteiger charge is -2.44. The van der Waals surface area contributed by atoms with Gasteiger partial charge in [-0.25, -0.2) is 9.42 Å². The lowest BCUT2D eigenvalue weighted by molar-refractivity contribution is 0.290. The standard InChI is InChI=1S/C22H59N11P4/c1-21(2,3)20-22(4,5)23-35(24-34-27(6)7,25-36(28(8)9,29(10)11)30(12)13)26-37(31(14)15,32(16)17)33(18)19/h20H2,1-19H3. The molecule has 37 heavy (non-hydrogen) atoms. The summed E-state index contributed by atoms with van der Waals surface area (Å²) < 4.78 is 37.9. The fourth-order valence-corrected chi connectivity index (χ4v) is 19.3. The van der Waals surface area contributed by atoms with Crippen LogP contribution in [0.5, 0.6) is 0 Å². The van der Waals surface area contributed by atoms with Gasteiger partial charge in [0.2, 0.25) is 0 Å². The quantitative estimate of drug-likeness (QED) is 0.223. The molecule has 0 atom stereocenters. The highest BCUT2D eigenvalue weighted by molar-refractivity contribution is 7.78. The van der Waals surface area contributed by atoms with E-state index in [-0.39, 0.29) is 11.0 Å². The highest BCUT2D eigenvalue weighted by atomic mass is 31.2. The van der Waals surface area contributed by atoms with Crippen molar-refractivity contribution in [1.29, 1.82) is 0 Å². The molecule has 0 saturated carbocycles. The van der Waals surface area contributed by atoms with Crippen molar-refractivity contribution in [2.24, 2.45) is 23.7 Å². The van der Waals surface area contributed by atoms with Crippen molar-refractivity contribution in [3.8, 4) is 0 Å². The van der Waals surface area contributed by atoms with E-state index in [2.05, 4.69) is 147 Å². The summed E-state index contributed by atoms with van der Waals surface area (Å²) in [6, 6.07) is 0. The zero-order valence-electron chi connectivity index (χ0n) is 27.4. The number of nitrogens with zero attached hydrogens (tertiary/aromatic N) is 11. The van der Waals surface area contributed by atoms with Crippen LogP contribution in [0.3, 0.4) is 0 Å². The monoisotopic (exact) mass is 601 g/mol. The van der Waals surface area contributed by atoms with Crippen LogP contribution in [0.15, 0.2) is 18.3 Å². The zero-order valence-corrected chi connectivity index (χ0v) is 31.0. The first kappa shape index (κ1) is 37.5. The van der Waals surface area contributed by atoms with E-state index in [4.69, 9.17) is 18.3 Å². The Morgan fingerprint density at radius 2 is 0.838 bits per heavy atom. The SMILES string of the molecule is CN(C)P=NP(=NC(C)(C)CC(C)(C)C)(N=P(N(C)C)(N(C)C)N(C)C)N=P(N(C)C)(N(C)C)N(C)C. The van der Waals surface area contributed by atoms with Crippen LogP contribution in [-0.4, -0.2) is 137 Å². The van der Waals surface area contributed by atoms with Gasteiger partial charge in [-0.15, -0.1) is 0 Å². The Morgan fingerprint density at radius 3 is 1.05 bits per heavy atom. The molecule has 0 aliphatic rings. The van der Waals surface area contributed by atoms with Crippen LogP contribution < -0.4 is 0 Å². The van der Waals surface area contributed by atoms with Crippen molar-refractivity contribution in [2.75, 3.05) is 98.7 Å². The van der Waals surface area contributed by atoms with Gasteiger partial charge in [0, 0.05) is 0 Å². The molecule has 0 radical (unpaired) electrons. The third-order valence-corrected chi connectivity index (χ3v) is 18.1. The number of hydrogen-bond acceptors (Lipinski definition) is 1. The van der Waals surface area contributed by atoms with E-state index in [1.54, 1.807) is 0 Å². The van der Waals surface area contributed by atoms with Crippen molar-refractivity contribution in [2.45, 2.75) is 46.6 Å². The average Bonchev–Trinajstić information content (AvgIpc) is 2.64. The van der Waals surface area contributed by atoms with Gasteiger partial charge in [-0.1, -0.05) is 20.8 Å². The van der Waals surface area contributed by atoms with Crippen LogP contribution in [0, 0.1) is 5.41 Å². The molecule has 15 heteroatoms. The summed E-state index contributed by atoms with van der Waals surface area (Å²) >= 11 is 0. The normalized spacial score (nSPS) is 15.0. The van der Waals surface area contributed by atoms with Gasteiger partial charge in [0.1, 0.15) is 8.52 Å². The molecule has 0 aromatic rings. The van der Waals surface area contributed by atoms with Crippen LogP contribution in [0.2, 0.25) is 0 Å². The van der Waals surface area contributed by atoms with Gasteiger partial charge in [-0.2, -0.15) is 13.5 Å². The lowest BCUT2D eigenvalue weighted by Crippen LogP contribution is -2.31. The van der Waals surface area contributed by atoms with E-state index in [0.717, 1.165) is 14.9 Å². The summed E-state index contributed by atoms with van der Waals surface area (Å²) in [5, 5.41) is 0. The largest absolute Gasteiger partial charge is 0.309 e. The lowest BCUT2D eigenvalue weighted by atomic mass is 9.82. The molecule has 0 bridgehead atoms. The third-order valence-electron chi connectivity index (χ3n) is 5.41. The minimum atomic E-state index is -3.03. The minimum Gasteiger partial charge on any atom is -0.252 e. The van der Waals surface area contributed by atoms with Crippen molar-refractivity contribution in [3.05, 3.63) is 0 Å². The van der Waals surface area contributed by atoms with Crippen molar-refractivity contribution >= 4 is 31.0 Å². The van der Waals surface area contributed by atoms with E-state index in [1.165, 1.54) is 0 Å². The van der Waals surface area contributed by atoms with E-state index < -0.39 is 22.5 Å². The summed E-state index contributed by atoms with van der Waals surface area (Å²) in [7, 11) is 22.3. The smallest absolute Gasteiger partial charge is 0.252 e. The molecule has 0 unspecified atom stereocenters. The minimum absolute atomic E-state index is 0.0929. The van der Waals surface area contributed by atoms with Gasteiger partial charge in [-0.05, 0) is 124 Å². The fraction of sp³-hybridized carbons (Fsp3) is 1.00. The maximum atomic E-state index is 5.77. The van der Waals surface area contributed by atoms with Gasteiger partial charge in [0.15, 0.2) is 15.0 Å². The Balaban J connectivity index is 8.66. The van der Waals surface area contributed by atoms with E-state index in [9.17, 15) is 0 Å². The molecule has 0 aromatic heterocycles. The summed E-state index contributed by atoms with van der Waals surface area (Å²) in [6.07, 6.45) is 0.899. The Morgan fingerprint density at radius 1 is 0.541 bits per heavy atom. The van der Waals surface area contributed by atoms with Crippen LogP contribution in [-0.2, 0) is 0 Å². The van der Waals surface area contributed by atoms with Gasteiger partial charge in [0.05, 0.1) is 5.54 Å². The second kappa shape index (κ2) is 13.9. The predicted molar refractivity (Wildman–Crippen MR) is 171 cm³/mol. The summed E-state index contributed by atoms with van der Waals surface area (Å²) in [5.41, 5.74) is -0.290. The first-order valence-corrected chi connectivity index (χ1v) is 18.1. The molecular formula is C22H59N11P4. The first-order chi connectivity index (χ1) is 16.4. The molecular weight excluding hydrogens is 542 g/mol. The van der Waals surface area contributed by atoms with Crippen LogP contribution in [0.25, 0.3) is 0 Å². The van der Waals surface area contributed by atoms with Crippen LogP contribution >= 0.6 is 31.0 Å². The molecule has 0 heterocycles. The molecule has 0 aliphatic heterocycles. The first-order valence-electron chi connectivity index (χ1n) is 12.5. The third kappa shape index (κ3) is 9.83. The van der Waals surface area contributed by atoms with Crippen molar-refractivity contribution < 1.29 is 0 Å². The van der Waals surface area contributed by atoms with Crippen molar-refractivity contribution in [3.63, 3.8) is 0 Å². The Labute approximate surface area is 232 Å². The molecule has 0 fully saturated rings. The summed E-state index contributed by atoms with van der Waals surface area (Å²) in [6.45, 7) is 11.2.